The molecule has 9 heteroatoms. The Kier molecular flexibility index (Phi) is 8.17. The number of likely N-dealkylation sites (N-methyl/N-ethyl adjacent to an activating group) is 1. The van der Waals surface area contributed by atoms with Gasteiger partial charge >= 0.3 is 11.6 Å². The van der Waals surface area contributed by atoms with E-state index >= 15 is 0 Å². The van der Waals surface area contributed by atoms with Crippen molar-refractivity contribution >= 4 is 45.8 Å². The zero-order chi connectivity index (χ0) is 27.1. The summed E-state index contributed by atoms with van der Waals surface area (Å²) in [5, 5.41) is 6.15. The van der Waals surface area contributed by atoms with Gasteiger partial charge in [-0.05, 0) is 55.5 Å². The summed E-state index contributed by atoms with van der Waals surface area (Å²) in [6, 6.07) is 22.0. The van der Waals surface area contributed by atoms with Crippen molar-refractivity contribution in [3.05, 3.63) is 100 Å². The van der Waals surface area contributed by atoms with Crippen molar-refractivity contribution < 1.29 is 23.5 Å². The van der Waals surface area contributed by atoms with Gasteiger partial charge in [-0.2, -0.15) is 0 Å². The molecule has 9 nitrogen and oxygen atoms in total. The maximum Gasteiger partial charge on any atom is 0.338 e. The minimum atomic E-state index is -0.566. The molecule has 0 aliphatic carbocycles. The molecule has 0 unspecified atom stereocenters. The Bertz CT molecular complexity index is 1510. The fourth-order valence-corrected chi connectivity index (χ4v) is 3.94. The minimum Gasteiger partial charge on any atom is -0.457 e. The fraction of sp³-hybridized carbons (Fsp3) is 0.172. The zero-order valence-electron chi connectivity index (χ0n) is 21.0. The van der Waals surface area contributed by atoms with E-state index in [1.54, 1.807) is 66.7 Å². The van der Waals surface area contributed by atoms with E-state index in [2.05, 4.69) is 10.6 Å². The van der Waals surface area contributed by atoms with Crippen molar-refractivity contribution in [2.75, 3.05) is 28.6 Å². The first-order valence-corrected chi connectivity index (χ1v) is 12.0. The summed E-state index contributed by atoms with van der Waals surface area (Å²) in [6.45, 7) is 3.84. The average Bonchev–Trinajstić information content (AvgIpc) is 2.91. The first-order chi connectivity index (χ1) is 18.3. The second kappa shape index (κ2) is 11.9. The molecule has 0 aliphatic rings. The molecule has 1 heterocycles. The summed E-state index contributed by atoms with van der Waals surface area (Å²) in [4.78, 5) is 50.3. The van der Waals surface area contributed by atoms with E-state index in [-0.39, 0.29) is 25.0 Å². The van der Waals surface area contributed by atoms with Crippen LogP contribution in [-0.4, -0.2) is 30.9 Å². The van der Waals surface area contributed by atoms with Gasteiger partial charge < -0.3 is 24.7 Å². The van der Waals surface area contributed by atoms with Crippen molar-refractivity contribution in [3.8, 4) is 0 Å². The molecule has 0 saturated carbocycles. The number of hydrogen-bond acceptors (Lipinski definition) is 7. The van der Waals surface area contributed by atoms with Gasteiger partial charge in [-0.25, -0.2) is 9.59 Å². The quantitative estimate of drug-likeness (QED) is 0.249. The van der Waals surface area contributed by atoms with E-state index < -0.39 is 11.6 Å². The predicted octanol–water partition coefficient (Wildman–Crippen LogP) is 4.57. The van der Waals surface area contributed by atoms with Gasteiger partial charge in [0.25, 0.3) is 0 Å². The molecule has 2 N–H and O–H groups in total. The molecule has 38 heavy (non-hydrogen) atoms. The van der Waals surface area contributed by atoms with Crippen LogP contribution in [0.1, 0.15) is 29.8 Å². The van der Waals surface area contributed by atoms with Gasteiger partial charge in [-0.3, -0.25) is 9.59 Å². The Morgan fingerprint density at radius 3 is 2.24 bits per heavy atom. The third-order valence-electron chi connectivity index (χ3n) is 5.75. The van der Waals surface area contributed by atoms with Crippen molar-refractivity contribution in [1.29, 1.82) is 0 Å². The van der Waals surface area contributed by atoms with Crippen LogP contribution in [0.4, 0.5) is 17.1 Å². The monoisotopic (exact) mass is 513 g/mol. The number of carbonyl (C=O) groups is 3. The maximum atomic E-state index is 12.7. The van der Waals surface area contributed by atoms with E-state index in [0.29, 0.717) is 45.7 Å². The Morgan fingerprint density at radius 1 is 0.895 bits per heavy atom. The van der Waals surface area contributed by atoms with E-state index in [1.165, 1.54) is 13.0 Å². The van der Waals surface area contributed by atoms with Crippen molar-refractivity contribution in [2.24, 2.45) is 0 Å². The van der Waals surface area contributed by atoms with Crippen molar-refractivity contribution in [3.63, 3.8) is 0 Å². The lowest BCUT2D eigenvalue weighted by atomic mass is 10.1. The van der Waals surface area contributed by atoms with Gasteiger partial charge in [0.1, 0.15) is 12.2 Å². The number of esters is 1. The number of hydrogen-bond donors (Lipinski definition) is 2. The smallest absolute Gasteiger partial charge is 0.338 e. The summed E-state index contributed by atoms with van der Waals surface area (Å²) in [7, 11) is 0. The third-order valence-corrected chi connectivity index (χ3v) is 5.75. The van der Waals surface area contributed by atoms with Gasteiger partial charge in [0.2, 0.25) is 11.8 Å². The van der Waals surface area contributed by atoms with Gasteiger partial charge in [-0.15, -0.1) is 0 Å². The van der Waals surface area contributed by atoms with E-state index in [9.17, 15) is 19.2 Å². The summed E-state index contributed by atoms with van der Waals surface area (Å²) in [6.07, 6.45) is 0. The highest BCUT2D eigenvalue weighted by atomic mass is 16.5. The molecule has 0 aliphatic heterocycles. The van der Waals surface area contributed by atoms with Crippen molar-refractivity contribution in [1.82, 2.24) is 0 Å². The lowest BCUT2D eigenvalue weighted by molar-refractivity contribution is -0.115. The number of nitrogens with one attached hydrogen (secondary N) is 2. The number of ether oxygens (including phenoxy) is 1. The van der Waals surface area contributed by atoms with Crippen LogP contribution < -0.4 is 21.2 Å². The van der Waals surface area contributed by atoms with Crippen LogP contribution in [0, 0.1) is 0 Å². The SMILES string of the molecule is CCN(CC(=O)Nc1ccc(NC(C)=O)cc1)c1ccc2c(COC(=O)c3ccccc3)cc(=O)oc2c1. The molecule has 0 spiro atoms. The Balaban J connectivity index is 1.46. The molecule has 4 rings (SSSR count). The van der Waals surface area contributed by atoms with Crippen LogP contribution in [0.5, 0.6) is 0 Å². The molecule has 4 aromatic rings. The second-order valence-corrected chi connectivity index (χ2v) is 8.53. The molecule has 194 valence electrons. The Hall–Kier alpha value is -4.92. The Morgan fingerprint density at radius 2 is 1.58 bits per heavy atom. The van der Waals surface area contributed by atoms with Gasteiger partial charge in [-0.1, -0.05) is 18.2 Å². The van der Waals surface area contributed by atoms with Crippen LogP contribution in [0.3, 0.4) is 0 Å². The number of carbonyl (C=O) groups excluding carboxylic acids is 3. The molecular formula is C29H27N3O6. The van der Waals surface area contributed by atoms with Gasteiger partial charge in [0, 0.05) is 53.6 Å². The molecular weight excluding hydrogens is 486 g/mol. The second-order valence-electron chi connectivity index (χ2n) is 8.53. The summed E-state index contributed by atoms with van der Waals surface area (Å²) in [5.41, 5.74) is 2.63. The summed E-state index contributed by atoms with van der Waals surface area (Å²) >= 11 is 0. The normalized spacial score (nSPS) is 10.6. The van der Waals surface area contributed by atoms with Crippen LogP contribution in [0.15, 0.2) is 88.1 Å². The predicted molar refractivity (Wildman–Crippen MR) is 145 cm³/mol. The van der Waals surface area contributed by atoms with E-state index in [0.717, 1.165) is 0 Å². The molecule has 1 aromatic heterocycles. The largest absolute Gasteiger partial charge is 0.457 e. The topological polar surface area (TPSA) is 118 Å². The highest BCUT2D eigenvalue weighted by molar-refractivity contribution is 5.95. The zero-order valence-corrected chi connectivity index (χ0v) is 21.0. The summed E-state index contributed by atoms with van der Waals surface area (Å²) < 4.78 is 10.8. The lowest BCUT2D eigenvalue weighted by Crippen LogP contribution is -2.33. The number of amides is 2. The van der Waals surface area contributed by atoms with Crippen LogP contribution >= 0.6 is 0 Å². The molecule has 0 fully saturated rings. The fourth-order valence-electron chi connectivity index (χ4n) is 3.94. The standard InChI is InChI=1S/C29H27N3O6/c1-3-32(17-27(34)31-23-11-9-22(10-12-23)30-19(2)33)24-13-14-25-21(15-28(35)38-26(25)16-24)18-37-29(36)20-7-5-4-6-8-20/h4-16H,3,17-18H2,1-2H3,(H,30,33)(H,31,34). The molecule has 0 atom stereocenters. The van der Waals surface area contributed by atoms with Crippen LogP contribution in [0.2, 0.25) is 0 Å². The molecule has 0 saturated heterocycles. The van der Waals surface area contributed by atoms with E-state index in [1.807, 2.05) is 17.9 Å². The third kappa shape index (κ3) is 6.64. The molecule has 0 radical (unpaired) electrons. The minimum absolute atomic E-state index is 0.0636. The first kappa shape index (κ1) is 26.2. The first-order valence-electron chi connectivity index (χ1n) is 12.0. The number of anilines is 3. The molecule has 3 aromatic carbocycles. The van der Waals surface area contributed by atoms with Gasteiger partial charge in [0.05, 0.1) is 12.1 Å². The highest BCUT2D eigenvalue weighted by Crippen LogP contribution is 2.25. The summed E-state index contributed by atoms with van der Waals surface area (Å²) in [5.74, 6) is -0.897. The van der Waals surface area contributed by atoms with Crippen molar-refractivity contribution in [2.45, 2.75) is 20.5 Å². The number of benzene rings is 3. The average molecular weight is 514 g/mol. The van der Waals surface area contributed by atoms with E-state index in [4.69, 9.17) is 9.15 Å². The number of nitrogens with zero attached hydrogens (tertiary/aromatic N) is 1. The van der Waals surface area contributed by atoms with Crippen LogP contribution in [0.25, 0.3) is 11.0 Å². The lowest BCUT2D eigenvalue weighted by Gasteiger charge is -2.23. The Labute approximate surface area is 219 Å². The van der Waals surface area contributed by atoms with Gasteiger partial charge in [0.15, 0.2) is 0 Å². The molecule has 2 amide bonds. The maximum absolute atomic E-state index is 12.7. The molecule has 0 bridgehead atoms. The highest BCUT2D eigenvalue weighted by Gasteiger charge is 2.15. The number of fused-ring (bicyclic) bond motifs is 1. The number of rotatable bonds is 9. The van der Waals surface area contributed by atoms with Crippen LogP contribution in [-0.2, 0) is 20.9 Å².